The van der Waals surface area contributed by atoms with Crippen LogP contribution in [0.3, 0.4) is 0 Å². The van der Waals surface area contributed by atoms with Crippen molar-refractivity contribution in [2.45, 2.75) is 57.5 Å². The summed E-state index contributed by atoms with van der Waals surface area (Å²) in [5, 5.41) is 4.13. The molecule has 0 saturated carbocycles. The summed E-state index contributed by atoms with van der Waals surface area (Å²) in [7, 11) is -3.41. The molecule has 3 fully saturated rings. The largest absolute Gasteiger partial charge is 0.379 e. The maximum absolute atomic E-state index is 12.9. The lowest BCUT2D eigenvalue weighted by Gasteiger charge is -2.46. The van der Waals surface area contributed by atoms with Gasteiger partial charge < -0.3 is 14.0 Å². The normalized spacial score (nSPS) is 26.9. The van der Waals surface area contributed by atoms with E-state index in [0.717, 1.165) is 37.9 Å². The van der Waals surface area contributed by atoms with Gasteiger partial charge in [0.15, 0.2) is 5.82 Å². The number of hydrogen-bond acceptors (Lipinski definition) is 7. The summed E-state index contributed by atoms with van der Waals surface area (Å²) in [5.41, 5.74) is -0.232. The fourth-order valence-electron chi connectivity index (χ4n) is 4.56. The summed E-state index contributed by atoms with van der Waals surface area (Å²) in [5.74, 6) is 2.12. The Labute approximate surface area is 172 Å². The number of hydrogen-bond donors (Lipinski definition) is 0. The second kappa shape index (κ2) is 8.58. The highest BCUT2D eigenvalue weighted by Crippen LogP contribution is 2.39. The van der Waals surface area contributed by atoms with Gasteiger partial charge in [0.2, 0.25) is 5.89 Å². The van der Waals surface area contributed by atoms with Gasteiger partial charge in [-0.1, -0.05) is 19.0 Å². The number of nitrogens with zero attached hydrogens (tertiary/aromatic N) is 4. The molecule has 1 atom stereocenters. The number of morpholine rings is 1. The van der Waals surface area contributed by atoms with Crippen molar-refractivity contribution in [3.05, 3.63) is 11.7 Å². The summed E-state index contributed by atoms with van der Waals surface area (Å²) >= 11 is 0. The summed E-state index contributed by atoms with van der Waals surface area (Å²) in [4.78, 5) is 4.51. The van der Waals surface area contributed by atoms with E-state index in [2.05, 4.69) is 10.1 Å². The molecular formula is C19H32N4O5S. The average molecular weight is 429 g/mol. The number of ether oxygens (including phenoxy) is 2. The van der Waals surface area contributed by atoms with E-state index < -0.39 is 10.2 Å². The van der Waals surface area contributed by atoms with Crippen molar-refractivity contribution in [3.8, 4) is 0 Å². The second-order valence-corrected chi connectivity index (χ2v) is 10.6. The zero-order valence-electron chi connectivity index (χ0n) is 17.4. The first-order chi connectivity index (χ1) is 13.9. The molecule has 3 saturated heterocycles. The topological polar surface area (TPSA) is 98.0 Å². The molecule has 4 heterocycles. The number of aromatic nitrogens is 2. The van der Waals surface area contributed by atoms with E-state index in [-0.39, 0.29) is 11.5 Å². The van der Waals surface area contributed by atoms with E-state index in [0.29, 0.717) is 57.8 Å². The van der Waals surface area contributed by atoms with Gasteiger partial charge in [0.1, 0.15) is 0 Å². The second-order valence-electron chi connectivity index (χ2n) is 8.72. The molecule has 1 unspecified atom stereocenters. The van der Waals surface area contributed by atoms with E-state index in [1.165, 1.54) is 0 Å². The molecule has 1 aromatic heterocycles. The van der Waals surface area contributed by atoms with E-state index >= 15 is 0 Å². The Morgan fingerprint density at radius 3 is 2.45 bits per heavy atom. The lowest BCUT2D eigenvalue weighted by atomic mass is 9.78. The third-order valence-electron chi connectivity index (χ3n) is 6.30. The van der Waals surface area contributed by atoms with Crippen LogP contribution in [0.2, 0.25) is 0 Å². The van der Waals surface area contributed by atoms with Crippen LogP contribution in [0.4, 0.5) is 0 Å². The zero-order valence-corrected chi connectivity index (χ0v) is 18.2. The summed E-state index contributed by atoms with van der Waals surface area (Å²) < 4.78 is 45.8. The predicted molar refractivity (Wildman–Crippen MR) is 106 cm³/mol. The van der Waals surface area contributed by atoms with Crippen molar-refractivity contribution >= 4 is 10.2 Å². The summed E-state index contributed by atoms with van der Waals surface area (Å²) in [6.07, 6.45) is 4.15. The van der Waals surface area contributed by atoms with Gasteiger partial charge in [-0.2, -0.15) is 22.0 Å². The Morgan fingerprint density at radius 1 is 1.10 bits per heavy atom. The molecule has 3 aliphatic rings. The SMILES string of the molecule is CC(C)c1nc(CC2CCOC3(CCN(S(=O)(=O)N4CCOCC4)CC3)C2)no1. The molecule has 0 radical (unpaired) electrons. The van der Waals surface area contributed by atoms with Gasteiger partial charge in [0, 0.05) is 45.1 Å². The molecule has 164 valence electrons. The Hall–Kier alpha value is -1.07. The van der Waals surface area contributed by atoms with Gasteiger partial charge >= 0.3 is 0 Å². The highest BCUT2D eigenvalue weighted by Gasteiger charge is 2.44. The lowest BCUT2D eigenvalue weighted by molar-refractivity contribution is -0.121. The highest BCUT2D eigenvalue weighted by molar-refractivity contribution is 7.86. The average Bonchev–Trinajstić information content (AvgIpc) is 3.18. The molecule has 0 aromatic carbocycles. The molecule has 0 aliphatic carbocycles. The van der Waals surface area contributed by atoms with Crippen molar-refractivity contribution in [3.63, 3.8) is 0 Å². The number of piperidine rings is 1. The zero-order chi connectivity index (χ0) is 20.5. The van der Waals surface area contributed by atoms with Crippen LogP contribution in [0.25, 0.3) is 0 Å². The summed E-state index contributed by atoms with van der Waals surface area (Å²) in [6.45, 7) is 7.61. The molecule has 0 amide bonds. The van der Waals surface area contributed by atoms with Crippen molar-refractivity contribution in [2.24, 2.45) is 5.92 Å². The lowest BCUT2D eigenvalue weighted by Crippen LogP contribution is -2.55. The molecule has 0 N–H and O–H groups in total. The van der Waals surface area contributed by atoms with Gasteiger partial charge in [0.05, 0.1) is 18.8 Å². The first kappa shape index (κ1) is 21.2. The predicted octanol–water partition coefficient (Wildman–Crippen LogP) is 1.57. The maximum Gasteiger partial charge on any atom is 0.282 e. The third kappa shape index (κ3) is 4.66. The van der Waals surface area contributed by atoms with Crippen molar-refractivity contribution < 1.29 is 22.4 Å². The molecule has 1 spiro atoms. The molecule has 0 bridgehead atoms. The third-order valence-corrected chi connectivity index (χ3v) is 8.34. The minimum Gasteiger partial charge on any atom is -0.379 e. The molecule has 29 heavy (non-hydrogen) atoms. The van der Waals surface area contributed by atoms with Crippen LogP contribution in [-0.2, 0) is 26.1 Å². The van der Waals surface area contributed by atoms with Crippen molar-refractivity contribution in [1.29, 1.82) is 0 Å². The quantitative estimate of drug-likeness (QED) is 0.702. The summed E-state index contributed by atoms with van der Waals surface area (Å²) in [6, 6.07) is 0. The van der Waals surface area contributed by atoms with Gasteiger partial charge in [-0.3, -0.25) is 0 Å². The van der Waals surface area contributed by atoms with Crippen LogP contribution in [0.5, 0.6) is 0 Å². The molecular weight excluding hydrogens is 396 g/mol. The van der Waals surface area contributed by atoms with Crippen LogP contribution in [0.1, 0.15) is 57.2 Å². The minimum atomic E-state index is -3.41. The van der Waals surface area contributed by atoms with Crippen LogP contribution in [0.15, 0.2) is 4.52 Å². The van der Waals surface area contributed by atoms with Crippen LogP contribution >= 0.6 is 0 Å². The minimum absolute atomic E-state index is 0.232. The van der Waals surface area contributed by atoms with Crippen molar-refractivity contribution in [1.82, 2.24) is 18.8 Å². The molecule has 1 aromatic rings. The molecule has 10 heteroatoms. The Bertz CT molecular complexity index is 782. The Morgan fingerprint density at radius 2 is 1.79 bits per heavy atom. The fourth-order valence-corrected chi connectivity index (χ4v) is 6.14. The Kier molecular flexibility index (Phi) is 6.27. The van der Waals surface area contributed by atoms with Crippen molar-refractivity contribution in [2.75, 3.05) is 46.0 Å². The van der Waals surface area contributed by atoms with Gasteiger partial charge in [-0.25, -0.2) is 0 Å². The molecule has 3 aliphatic heterocycles. The van der Waals surface area contributed by atoms with E-state index in [1.807, 2.05) is 13.8 Å². The van der Waals surface area contributed by atoms with Gasteiger partial charge in [-0.05, 0) is 31.6 Å². The maximum atomic E-state index is 12.9. The molecule has 4 rings (SSSR count). The number of rotatable bonds is 5. The van der Waals surface area contributed by atoms with Gasteiger partial charge in [0.25, 0.3) is 10.2 Å². The van der Waals surface area contributed by atoms with Crippen LogP contribution in [0, 0.1) is 5.92 Å². The standard InChI is InChI=1S/C19H32N4O5S/c1-15(2)18-20-17(21-28-18)13-16-3-10-27-19(14-16)4-6-22(7-5-19)29(24,25)23-8-11-26-12-9-23/h15-16H,3-14H2,1-2H3. The first-order valence-electron chi connectivity index (χ1n) is 10.7. The molecule has 9 nitrogen and oxygen atoms in total. The van der Waals surface area contributed by atoms with Crippen LogP contribution < -0.4 is 0 Å². The van der Waals surface area contributed by atoms with E-state index in [1.54, 1.807) is 8.61 Å². The highest BCUT2D eigenvalue weighted by atomic mass is 32.2. The van der Waals surface area contributed by atoms with E-state index in [4.69, 9.17) is 14.0 Å². The smallest absolute Gasteiger partial charge is 0.282 e. The Balaban J connectivity index is 1.34. The van der Waals surface area contributed by atoms with Crippen LogP contribution in [-0.4, -0.2) is 78.8 Å². The first-order valence-corrected chi connectivity index (χ1v) is 12.1. The van der Waals surface area contributed by atoms with Gasteiger partial charge in [-0.15, -0.1) is 0 Å². The van der Waals surface area contributed by atoms with E-state index in [9.17, 15) is 8.42 Å². The monoisotopic (exact) mass is 428 g/mol. The fraction of sp³-hybridized carbons (Fsp3) is 0.895.